The first-order valence-corrected chi connectivity index (χ1v) is 8.51. The molecule has 1 saturated heterocycles. The van der Waals surface area contributed by atoms with Crippen LogP contribution in [0.1, 0.15) is 30.7 Å². The van der Waals surface area contributed by atoms with Crippen LogP contribution in [0.2, 0.25) is 0 Å². The zero-order valence-electron chi connectivity index (χ0n) is 14.2. The minimum Gasteiger partial charge on any atom is -0.507 e. The number of benzene rings is 1. The number of nitrogens with one attached hydrogen (secondary N) is 1. The van der Waals surface area contributed by atoms with Gasteiger partial charge < -0.3 is 19.4 Å². The second-order valence-electron chi connectivity index (χ2n) is 6.26. The third-order valence-electron chi connectivity index (χ3n) is 4.66. The standard InChI is InChI=1S/C20H18N2O4/c1-2-9-22-17(15-8-5-10-26-15)16(19(24)20(22)25)18(23)13-11-21-14-7-4-3-6-12(13)14/h3-8,10-11,17,21,23H,2,9H2,1H3/b18-16-. The van der Waals surface area contributed by atoms with Crippen molar-refractivity contribution in [2.24, 2.45) is 0 Å². The number of carbonyl (C=O) groups is 2. The molecular weight excluding hydrogens is 332 g/mol. The predicted molar refractivity (Wildman–Crippen MR) is 96.3 cm³/mol. The first kappa shape index (κ1) is 16.2. The van der Waals surface area contributed by atoms with Gasteiger partial charge in [-0.1, -0.05) is 25.1 Å². The van der Waals surface area contributed by atoms with Crippen molar-refractivity contribution >= 4 is 28.4 Å². The zero-order valence-corrected chi connectivity index (χ0v) is 14.2. The summed E-state index contributed by atoms with van der Waals surface area (Å²) in [6, 6.07) is 10.2. The van der Waals surface area contributed by atoms with Crippen LogP contribution in [-0.2, 0) is 9.59 Å². The van der Waals surface area contributed by atoms with Crippen molar-refractivity contribution < 1.29 is 19.1 Å². The molecular formula is C20H18N2O4. The lowest BCUT2D eigenvalue weighted by atomic mass is 9.99. The van der Waals surface area contributed by atoms with Crippen molar-refractivity contribution in [3.63, 3.8) is 0 Å². The average Bonchev–Trinajstić information content (AvgIpc) is 3.36. The van der Waals surface area contributed by atoms with Crippen LogP contribution >= 0.6 is 0 Å². The molecule has 132 valence electrons. The maximum Gasteiger partial charge on any atom is 0.295 e. The van der Waals surface area contributed by atoms with E-state index in [0.717, 1.165) is 10.9 Å². The molecule has 0 aliphatic carbocycles. The molecule has 1 unspecified atom stereocenters. The lowest BCUT2D eigenvalue weighted by Crippen LogP contribution is -2.30. The molecule has 0 radical (unpaired) electrons. The quantitative estimate of drug-likeness (QED) is 0.428. The molecule has 4 rings (SSSR count). The highest BCUT2D eigenvalue weighted by molar-refractivity contribution is 6.46. The summed E-state index contributed by atoms with van der Waals surface area (Å²) >= 11 is 0. The van der Waals surface area contributed by atoms with Crippen LogP contribution in [0.3, 0.4) is 0 Å². The molecule has 0 spiro atoms. The van der Waals surface area contributed by atoms with Gasteiger partial charge in [0.25, 0.3) is 11.7 Å². The van der Waals surface area contributed by atoms with Crippen LogP contribution in [0.15, 0.2) is 58.8 Å². The highest BCUT2D eigenvalue weighted by Gasteiger charge is 2.47. The number of hydrogen-bond donors (Lipinski definition) is 2. The fraction of sp³-hybridized carbons (Fsp3) is 0.200. The first-order valence-electron chi connectivity index (χ1n) is 8.51. The normalized spacial score (nSPS) is 19.6. The number of carbonyl (C=O) groups excluding carboxylic acids is 2. The average molecular weight is 350 g/mol. The van der Waals surface area contributed by atoms with Gasteiger partial charge in [0.2, 0.25) is 0 Å². The molecule has 1 aliphatic rings. The van der Waals surface area contributed by atoms with E-state index in [2.05, 4.69) is 4.98 Å². The summed E-state index contributed by atoms with van der Waals surface area (Å²) in [7, 11) is 0. The van der Waals surface area contributed by atoms with Crippen LogP contribution < -0.4 is 0 Å². The number of ketones is 1. The van der Waals surface area contributed by atoms with E-state index in [0.29, 0.717) is 24.3 Å². The molecule has 0 bridgehead atoms. The molecule has 6 heteroatoms. The van der Waals surface area contributed by atoms with E-state index in [1.807, 2.05) is 31.2 Å². The summed E-state index contributed by atoms with van der Waals surface area (Å²) in [4.78, 5) is 29.8. The van der Waals surface area contributed by atoms with Crippen LogP contribution in [0.4, 0.5) is 0 Å². The molecule has 26 heavy (non-hydrogen) atoms. The maximum absolute atomic E-state index is 12.7. The van der Waals surface area contributed by atoms with E-state index in [4.69, 9.17) is 4.42 Å². The van der Waals surface area contributed by atoms with E-state index >= 15 is 0 Å². The van der Waals surface area contributed by atoms with Crippen LogP contribution in [0, 0.1) is 0 Å². The lowest BCUT2D eigenvalue weighted by molar-refractivity contribution is -0.140. The number of aromatic nitrogens is 1. The Morgan fingerprint density at radius 3 is 2.77 bits per heavy atom. The van der Waals surface area contributed by atoms with E-state index in [1.165, 1.54) is 11.2 Å². The predicted octanol–water partition coefficient (Wildman–Crippen LogP) is 3.59. The van der Waals surface area contributed by atoms with Crippen molar-refractivity contribution in [1.29, 1.82) is 0 Å². The third-order valence-corrected chi connectivity index (χ3v) is 4.66. The number of furan rings is 1. The first-order chi connectivity index (χ1) is 12.6. The summed E-state index contributed by atoms with van der Waals surface area (Å²) in [6.45, 7) is 2.33. The zero-order chi connectivity index (χ0) is 18.3. The molecule has 1 atom stereocenters. The second kappa shape index (κ2) is 6.22. The number of aliphatic hydroxyl groups excluding tert-OH is 1. The number of fused-ring (bicyclic) bond motifs is 1. The minimum atomic E-state index is -0.724. The van der Waals surface area contributed by atoms with E-state index < -0.39 is 17.7 Å². The highest BCUT2D eigenvalue weighted by Crippen LogP contribution is 2.40. The summed E-state index contributed by atoms with van der Waals surface area (Å²) in [5.74, 6) is -1.04. The SMILES string of the molecule is CCCN1C(=O)C(=O)/C(=C(\O)c2c[nH]c3ccccc23)C1c1ccco1. The number of H-pyrrole nitrogens is 1. The number of rotatable bonds is 4. The largest absolute Gasteiger partial charge is 0.507 e. The molecule has 2 aromatic heterocycles. The molecule has 3 aromatic rings. The summed E-state index contributed by atoms with van der Waals surface area (Å²) in [6.07, 6.45) is 3.83. The molecule has 0 saturated carbocycles. The van der Waals surface area contributed by atoms with Gasteiger partial charge in [0.05, 0.1) is 11.8 Å². The van der Waals surface area contributed by atoms with Gasteiger partial charge in [-0.3, -0.25) is 9.59 Å². The van der Waals surface area contributed by atoms with Gasteiger partial charge in [-0.05, 0) is 24.6 Å². The Morgan fingerprint density at radius 1 is 1.23 bits per heavy atom. The van der Waals surface area contributed by atoms with Crippen molar-refractivity contribution in [3.8, 4) is 0 Å². The number of likely N-dealkylation sites (tertiary alicyclic amines) is 1. The van der Waals surface area contributed by atoms with E-state index in [1.54, 1.807) is 18.3 Å². The molecule has 1 aliphatic heterocycles. The molecule has 1 aromatic carbocycles. The van der Waals surface area contributed by atoms with Gasteiger partial charge in [0, 0.05) is 29.2 Å². The third kappa shape index (κ3) is 2.34. The Bertz CT molecular complexity index is 1010. The summed E-state index contributed by atoms with van der Waals surface area (Å²) in [5, 5.41) is 11.8. The topological polar surface area (TPSA) is 86.5 Å². The molecule has 1 amide bonds. The van der Waals surface area contributed by atoms with Gasteiger partial charge in [0.15, 0.2) is 0 Å². The van der Waals surface area contributed by atoms with Crippen molar-refractivity contribution in [1.82, 2.24) is 9.88 Å². The Balaban J connectivity index is 1.93. The molecule has 6 nitrogen and oxygen atoms in total. The number of nitrogens with zero attached hydrogens (tertiary/aromatic N) is 1. The van der Waals surface area contributed by atoms with Crippen molar-refractivity contribution in [2.75, 3.05) is 6.54 Å². The maximum atomic E-state index is 12.7. The van der Waals surface area contributed by atoms with Crippen molar-refractivity contribution in [2.45, 2.75) is 19.4 Å². The van der Waals surface area contributed by atoms with Gasteiger partial charge >= 0.3 is 0 Å². The minimum absolute atomic E-state index is 0.0585. The van der Waals surface area contributed by atoms with Gasteiger partial charge in [-0.2, -0.15) is 0 Å². The van der Waals surface area contributed by atoms with Crippen LogP contribution in [0.5, 0.6) is 0 Å². The molecule has 3 heterocycles. The summed E-state index contributed by atoms with van der Waals surface area (Å²) in [5.41, 5.74) is 1.39. The highest BCUT2D eigenvalue weighted by atomic mass is 16.3. The van der Waals surface area contributed by atoms with Crippen molar-refractivity contribution in [3.05, 3.63) is 65.8 Å². The number of Topliss-reactive ketones (excluding diaryl/α,β-unsaturated/α-hetero) is 1. The van der Waals surface area contributed by atoms with Gasteiger partial charge in [-0.15, -0.1) is 0 Å². The fourth-order valence-corrected chi connectivity index (χ4v) is 3.51. The van der Waals surface area contributed by atoms with E-state index in [9.17, 15) is 14.7 Å². The number of hydrogen-bond acceptors (Lipinski definition) is 4. The molecule has 2 N–H and O–H groups in total. The monoisotopic (exact) mass is 350 g/mol. The second-order valence-corrected chi connectivity index (χ2v) is 6.26. The Labute approximate surface area is 149 Å². The number of aromatic amines is 1. The van der Waals surface area contributed by atoms with Gasteiger partial charge in [-0.25, -0.2) is 0 Å². The Morgan fingerprint density at radius 2 is 2.04 bits per heavy atom. The number of amides is 1. The van der Waals surface area contributed by atoms with Gasteiger partial charge in [0.1, 0.15) is 17.6 Å². The fourth-order valence-electron chi connectivity index (χ4n) is 3.51. The number of para-hydroxylation sites is 1. The smallest absolute Gasteiger partial charge is 0.295 e. The Kier molecular flexibility index (Phi) is 3.88. The molecule has 1 fully saturated rings. The summed E-state index contributed by atoms with van der Waals surface area (Å²) < 4.78 is 5.48. The Hall–Kier alpha value is -3.28. The number of aliphatic hydroxyl groups is 1. The van der Waals surface area contributed by atoms with Crippen LogP contribution in [-0.4, -0.2) is 33.2 Å². The van der Waals surface area contributed by atoms with Crippen LogP contribution in [0.25, 0.3) is 16.7 Å². The van der Waals surface area contributed by atoms with E-state index in [-0.39, 0.29) is 11.3 Å². The lowest BCUT2D eigenvalue weighted by Gasteiger charge is -2.22.